The topological polar surface area (TPSA) is 25.3 Å². The fraction of sp³-hybridized carbons (Fsp3) is 0.709. The third-order valence-corrected chi connectivity index (χ3v) is 13.2. The number of nitrogens with zero attached hydrogens (tertiary/aromatic N) is 2. The molecule has 58 heavy (non-hydrogen) atoms. The number of allylic oxidation sites excluding steroid dienone is 2. The van der Waals surface area contributed by atoms with Crippen LogP contribution in [0.1, 0.15) is 249 Å². The molecule has 0 unspecified atom stereocenters. The second kappa shape index (κ2) is 36.8. The van der Waals surface area contributed by atoms with Crippen molar-refractivity contribution in [3.05, 3.63) is 88.0 Å². The first-order chi connectivity index (χ1) is 28.5. The fourth-order valence-corrected chi connectivity index (χ4v) is 9.35. The molecule has 332 valence electrons. The van der Waals surface area contributed by atoms with Crippen molar-refractivity contribution in [3.63, 3.8) is 0 Å². The van der Waals surface area contributed by atoms with Crippen LogP contribution in [0.15, 0.2) is 60.2 Å². The van der Waals surface area contributed by atoms with E-state index in [1.165, 1.54) is 212 Å². The average molecular weight is 840 g/mol. The van der Waals surface area contributed by atoms with Crippen molar-refractivity contribution in [1.29, 1.82) is 0 Å². The molecule has 0 N–H and O–H groups in total. The molecule has 0 bridgehead atoms. The SMILES string of the molecule is CCCCC1=C(c2cccc(CCCC)c2)[N+](=[N-])C(c2cccc(C)c2)=C1.CCCCCCCCCCCCCC[CH2][Ni][CH2]CCCCCCCCCCCCCC. The molecule has 0 spiro atoms. The van der Waals surface area contributed by atoms with Gasteiger partial charge in [0.25, 0.3) is 0 Å². The summed E-state index contributed by atoms with van der Waals surface area (Å²) in [7, 11) is 0. The van der Waals surface area contributed by atoms with E-state index < -0.39 is 0 Å². The molecule has 0 saturated carbocycles. The predicted molar refractivity (Wildman–Crippen MR) is 255 cm³/mol. The minimum atomic E-state index is 0.874. The van der Waals surface area contributed by atoms with E-state index in [1.807, 2.05) is 14.4 Å². The molecule has 1 aliphatic rings. The Labute approximate surface area is 367 Å². The Morgan fingerprint density at radius 2 is 0.862 bits per heavy atom. The summed E-state index contributed by atoms with van der Waals surface area (Å²) in [5, 5.41) is 2.87. The van der Waals surface area contributed by atoms with Crippen molar-refractivity contribution in [2.24, 2.45) is 0 Å². The van der Waals surface area contributed by atoms with E-state index in [9.17, 15) is 5.53 Å². The van der Waals surface area contributed by atoms with Crippen LogP contribution in [0.4, 0.5) is 0 Å². The van der Waals surface area contributed by atoms with Gasteiger partial charge in [-0.3, -0.25) is 0 Å². The maximum absolute atomic E-state index is 11.1. The van der Waals surface area contributed by atoms with Gasteiger partial charge in [-0.1, -0.05) is 96.0 Å². The van der Waals surface area contributed by atoms with Crippen LogP contribution in [0.25, 0.3) is 16.9 Å². The summed E-state index contributed by atoms with van der Waals surface area (Å²) in [5.41, 5.74) is 18.8. The summed E-state index contributed by atoms with van der Waals surface area (Å²) >= 11 is 2.04. The molecular formula is C55H92N2Ni. The van der Waals surface area contributed by atoms with Gasteiger partial charge in [0.05, 0.1) is 0 Å². The zero-order chi connectivity index (χ0) is 41.7. The van der Waals surface area contributed by atoms with Crippen LogP contribution in [0.2, 0.25) is 10.8 Å². The molecule has 2 aromatic rings. The number of rotatable bonds is 36. The fourth-order valence-electron chi connectivity index (χ4n) is 8.11. The molecule has 2 nitrogen and oxygen atoms in total. The molecule has 2 aromatic carbocycles. The van der Waals surface area contributed by atoms with Crippen LogP contribution >= 0.6 is 0 Å². The molecule has 3 heteroatoms. The molecule has 3 rings (SSSR count). The minimum Gasteiger partial charge on any atom is -0.0654 e. The average Bonchev–Trinajstić information content (AvgIpc) is 3.57. The monoisotopic (exact) mass is 839 g/mol. The predicted octanol–water partition coefficient (Wildman–Crippen LogP) is 19.4. The van der Waals surface area contributed by atoms with E-state index in [2.05, 4.69) is 89.2 Å². The Hall–Kier alpha value is -1.99. The Balaban J connectivity index is 0.000000402. The Morgan fingerprint density at radius 3 is 1.33 bits per heavy atom. The summed E-state index contributed by atoms with van der Waals surface area (Å²) in [6.45, 7) is 11.1. The number of hydrogen-bond acceptors (Lipinski definition) is 0. The first kappa shape index (κ1) is 52.2. The van der Waals surface area contributed by atoms with Crippen molar-refractivity contribution in [2.75, 3.05) is 0 Å². The van der Waals surface area contributed by atoms with E-state index in [0.29, 0.717) is 0 Å². The van der Waals surface area contributed by atoms with E-state index in [4.69, 9.17) is 0 Å². The number of benzene rings is 2. The first-order valence-corrected chi connectivity index (χ1v) is 26.5. The number of hydrogen-bond donors (Lipinski definition) is 0. The second-order valence-electron chi connectivity index (χ2n) is 17.5. The zero-order valence-corrected chi connectivity index (χ0v) is 39.9. The molecule has 1 heterocycles. The van der Waals surface area contributed by atoms with Gasteiger partial charge in [-0.05, 0) is 62.4 Å². The van der Waals surface area contributed by atoms with Crippen LogP contribution in [0, 0.1) is 6.92 Å². The van der Waals surface area contributed by atoms with Gasteiger partial charge in [0.15, 0.2) is 0 Å². The second-order valence-corrected chi connectivity index (χ2v) is 18.9. The van der Waals surface area contributed by atoms with Gasteiger partial charge in [-0.25, -0.2) is 4.70 Å². The van der Waals surface area contributed by atoms with E-state index >= 15 is 0 Å². The van der Waals surface area contributed by atoms with E-state index in [0.717, 1.165) is 48.2 Å². The van der Waals surface area contributed by atoms with Gasteiger partial charge < -0.3 is 5.53 Å². The van der Waals surface area contributed by atoms with Gasteiger partial charge in [0, 0.05) is 22.8 Å². The summed E-state index contributed by atoms with van der Waals surface area (Å²) in [6.07, 6.45) is 47.1. The molecule has 1 aliphatic heterocycles. The third kappa shape index (κ3) is 24.9. The summed E-state index contributed by atoms with van der Waals surface area (Å²) < 4.78 is 1.40. The summed E-state index contributed by atoms with van der Waals surface area (Å²) in [5.74, 6) is 0. The van der Waals surface area contributed by atoms with Crippen molar-refractivity contribution in [1.82, 2.24) is 0 Å². The number of unbranched alkanes of at least 4 members (excludes halogenated alkanes) is 26. The minimum absolute atomic E-state index is 0.874. The van der Waals surface area contributed by atoms with Gasteiger partial charge in [-0.15, -0.1) is 0 Å². The normalized spacial score (nSPS) is 12.7. The van der Waals surface area contributed by atoms with Crippen molar-refractivity contribution in [3.8, 4) is 0 Å². The Kier molecular flexibility index (Phi) is 33.1. The smallest absolute Gasteiger partial charge is 0.0654 e. The zero-order valence-electron chi connectivity index (χ0n) is 38.9. The van der Waals surface area contributed by atoms with Crippen LogP contribution < -0.4 is 0 Å². The van der Waals surface area contributed by atoms with Crippen LogP contribution in [-0.4, -0.2) is 4.70 Å². The summed E-state index contributed by atoms with van der Waals surface area (Å²) in [6, 6.07) is 17.0. The molecule has 0 aliphatic carbocycles. The molecule has 0 atom stereocenters. The van der Waals surface area contributed by atoms with Crippen molar-refractivity contribution < 1.29 is 19.1 Å². The first-order valence-electron chi connectivity index (χ1n) is 25.1. The molecular weight excluding hydrogens is 747 g/mol. The van der Waals surface area contributed by atoms with Gasteiger partial charge in [-0.2, -0.15) is 0 Å². The molecule has 0 aromatic heterocycles. The van der Waals surface area contributed by atoms with Crippen LogP contribution in [-0.2, 0) is 20.9 Å². The molecule has 0 amide bonds. The summed E-state index contributed by atoms with van der Waals surface area (Å²) in [4.78, 5) is 0. The van der Waals surface area contributed by atoms with Gasteiger partial charge in [0.1, 0.15) is 0 Å². The quantitative estimate of drug-likeness (QED) is 0.0371. The Morgan fingerprint density at radius 1 is 0.448 bits per heavy atom. The standard InChI is InChI=1S/C25H30N2.2C15H31.Ni/c1-4-6-11-20-12-9-15-22(17-20)25-23(13-7-5-2)18-24(27(25)26)21-14-8-10-19(3)16-21;2*1-3-5-7-9-11-13-15-14-12-10-8-6-4-2;/h8-10,12,14-18H,4-7,11,13H2,1-3H3;2*1,3-15H2,2H3;. The van der Waals surface area contributed by atoms with Crippen molar-refractivity contribution in [2.45, 2.75) is 251 Å². The number of aryl methyl sites for hydroxylation is 2. The Bertz CT molecular complexity index is 1330. The van der Waals surface area contributed by atoms with Crippen molar-refractivity contribution >= 4 is 11.4 Å². The van der Waals surface area contributed by atoms with E-state index in [1.54, 1.807) is 0 Å². The third-order valence-electron chi connectivity index (χ3n) is 11.8. The molecule has 0 saturated heterocycles. The molecule has 0 radical (unpaired) electrons. The molecule has 0 fully saturated rings. The van der Waals surface area contributed by atoms with Crippen LogP contribution in [0.3, 0.4) is 0 Å². The van der Waals surface area contributed by atoms with E-state index in [-0.39, 0.29) is 0 Å². The maximum atomic E-state index is 11.1. The van der Waals surface area contributed by atoms with Gasteiger partial charge >= 0.3 is 166 Å². The van der Waals surface area contributed by atoms with Gasteiger partial charge in [0.2, 0.25) is 11.4 Å². The van der Waals surface area contributed by atoms with Crippen LogP contribution in [0.5, 0.6) is 0 Å².